The first-order valence-electron chi connectivity index (χ1n) is 8.67. The van der Waals surface area contributed by atoms with Gasteiger partial charge >= 0.3 is 0 Å². The highest BCUT2D eigenvalue weighted by Gasteiger charge is 2.16. The van der Waals surface area contributed by atoms with E-state index in [-0.39, 0.29) is 37.1 Å². The first-order valence-corrected chi connectivity index (χ1v) is 9.49. The van der Waals surface area contributed by atoms with Gasteiger partial charge < -0.3 is 10.6 Å². The van der Waals surface area contributed by atoms with Gasteiger partial charge in [-0.3, -0.25) is 14.3 Å². The largest absolute Gasteiger partial charge is 0.351 e. The summed E-state index contributed by atoms with van der Waals surface area (Å²) in [4.78, 5) is 25.3. The Morgan fingerprint density at radius 1 is 1.29 bits per heavy atom. The van der Waals surface area contributed by atoms with Crippen molar-refractivity contribution in [3.8, 4) is 12.3 Å². The van der Waals surface area contributed by atoms with Gasteiger partial charge in [0.25, 0.3) is 5.91 Å². The second-order valence-corrected chi connectivity index (χ2v) is 7.22. The minimum Gasteiger partial charge on any atom is -0.351 e. The number of fused-ring (bicyclic) bond motifs is 1. The number of halogens is 1. The van der Waals surface area contributed by atoms with E-state index in [1.807, 2.05) is 11.6 Å². The van der Waals surface area contributed by atoms with Crippen LogP contribution in [0.25, 0.3) is 10.2 Å². The van der Waals surface area contributed by atoms with Crippen LogP contribution in [-0.2, 0) is 11.3 Å². The lowest BCUT2D eigenvalue weighted by Crippen LogP contribution is -2.30. The second-order valence-electron chi connectivity index (χ2n) is 6.19. The monoisotopic (exact) mass is 398 g/mol. The molecule has 144 valence electrons. The molecule has 2 N–H and O–H groups in total. The Morgan fingerprint density at radius 3 is 2.75 bits per heavy atom. The quantitative estimate of drug-likeness (QED) is 0.601. The van der Waals surface area contributed by atoms with Crippen molar-refractivity contribution in [1.82, 2.24) is 20.4 Å². The number of aromatic nitrogens is 2. The van der Waals surface area contributed by atoms with Crippen LogP contribution < -0.4 is 10.6 Å². The van der Waals surface area contributed by atoms with Gasteiger partial charge in [0.2, 0.25) is 5.91 Å². The molecule has 3 aromatic rings. The van der Waals surface area contributed by atoms with Crippen LogP contribution in [0.5, 0.6) is 0 Å². The first-order chi connectivity index (χ1) is 13.5. The Morgan fingerprint density at radius 2 is 2.04 bits per heavy atom. The van der Waals surface area contributed by atoms with Crippen molar-refractivity contribution in [3.05, 3.63) is 52.3 Å². The van der Waals surface area contributed by atoms with Crippen molar-refractivity contribution >= 4 is 33.4 Å². The summed E-state index contributed by atoms with van der Waals surface area (Å²) in [6.07, 6.45) is 5.24. The molecule has 8 heteroatoms. The van der Waals surface area contributed by atoms with Gasteiger partial charge in [-0.1, -0.05) is 18.1 Å². The van der Waals surface area contributed by atoms with Crippen molar-refractivity contribution < 1.29 is 14.0 Å². The molecule has 6 nitrogen and oxygen atoms in total. The standard InChI is InChI=1S/C20H19FN4O2S/c1-3-9-22-18(26)8-10-23-19(27)17-11-16-13(2)24-25(20(16)28-17)12-14-4-6-15(21)7-5-14/h1,4-7,11H,8-10,12H2,2H3,(H,22,26)(H,23,27). The third-order valence-electron chi connectivity index (χ3n) is 4.10. The van der Waals surface area contributed by atoms with Crippen LogP contribution in [0.3, 0.4) is 0 Å². The molecule has 0 spiro atoms. The summed E-state index contributed by atoms with van der Waals surface area (Å²) in [5.74, 6) is 1.59. The molecular weight excluding hydrogens is 379 g/mol. The smallest absolute Gasteiger partial charge is 0.261 e. The van der Waals surface area contributed by atoms with Crippen molar-refractivity contribution in [1.29, 1.82) is 0 Å². The van der Waals surface area contributed by atoms with E-state index in [0.717, 1.165) is 21.5 Å². The topological polar surface area (TPSA) is 76.0 Å². The molecule has 0 unspecified atom stereocenters. The summed E-state index contributed by atoms with van der Waals surface area (Å²) in [5, 5.41) is 10.7. The van der Waals surface area contributed by atoms with Crippen molar-refractivity contribution in [2.45, 2.75) is 19.9 Å². The maximum atomic E-state index is 13.1. The molecule has 0 aliphatic rings. The summed E-state index contributed by atoms with van der Waals surface area (Å²) in [6, 6.07) is 8.05. The highest BCUT2D eigenvalue weighted by Crippen LogP contribution is 2.28. The molecule has 0 fully saturated rings. The van der Waals surface area contributed by atoms with Gasteiger partial charge in [-0.05, 0) is 30.7 Å². The third-order valence-corrected chi connectivity index (χ3v) is 5.25. The summed E-state index contributed by atoms with van der Waals surface area (Å²) in [5.41, 5.74) is 1.74. The van der Waals surface area contributed by atoms with E-state index in [9.17, 15) is 14.0 Å². The molecule has 0 aliphatic carbocycles. The number of aryl methyl sites for hydroxylation is 1. The van der Waals surface area contributed by atoms with E-state index >= 15 is 0 Å². The van der Waals surface area contributed by atoms with Crippen LogP contribution in [0.2, 0.25) is 0 Å². The zero-order chi connectivity index (χ0) is 20.1. The van der Waals surface area contributed by atoms with E-state index in [1.54, 1.807) is 18.2 Å². The molecule has 0 atom stereocenters. The molecule has 2 amide bonds. The van der Waals surface area contributed by atoms with Crippen LogP contribution in [-0.4, -0.2) is 34.7 Å². The molecule has 3 rings (SSSR count). The number of carbonyl (C=O) groups is 2. The number of nitrogens with zero attached hydrogens (tertiary/aromatic N) is 2. The van der Waals surface area contributed by atoms with E-state index < -0.39 is 0 Å². The van der Waals surface area contributed by atoms with Gasteiger partial charge in [-0.15, -0.1) is 17.8 Å². The molecule has 0 aliphatic heterocycles. The van der Waals surface area contributed by atoms with E-state index in [1.165, 1.54) is 23.5 Å². The minimum atomic E-state index is -0.284. The Balaban J connectivity index is 1.68. The van der Waals surface area contributed by atoms with Crippen molar-refractivity contribution in [2.75, 3.05) is 13.1 Å². The Kier molecular flexibility index (Phi) is 6.06. The lowest BCUT2D eigenvalue weighted by Gasteiger charge is -2.04. The van der Waals surface area contributed by atoms with Gasteiger partial charge in [-0.25, -0.2) is 4.39 Å². The predicted molar refractivity (Wildman–Crippen MR) is 107 cm³/mol. The molecular formula is C20H19FN4O2S. The van der Waals surface area contributed by atoms with Gasteiger partial charge in [0.1, 0.15) is 10.6 Å². The maximum Gasteiger partial charge on any atom is 0.261 e. The highest BCUT2D eigenvalue weighted by atomic mass is 32.1. The minimum absolute atomic E-state index is 0.162. The zero-order valence-electron chi connectivity index (χ0n) is 15.3. The summed E-state index contributed by atoms with van der Waals surface area (Å²) < 4.78 is 14.9. The van der Waals surface area contributed by atoms with Crippen LogP contribution in [0, 0.1) is 25.1 Å². The maximum absolute atomic E-state index is 13.1. The van der Waals surface area contributed by atoms with Crippen molar-refractivity contribution in [2.24, 2.45) is 0 Å². The molecule has 1 aromatic carbocycles. The number of hydrogen-bond acceptors (Lipinski definition) is 4. The number of rotatable bonds is 7. The SMILES string of the molecule is C#CCNC(=O)CCNC(=O)c1cc2c(C)nn(Cc3ccc(F)cc3)c2s1. The number of thiophene rings is 1. The number of benzene rings is 1. The Labute approximate surface area is 165 Å². The molecule has 2 heterocycles. The van der Waals surface area contributed by atoms with Gasteiger partial charge in [0.15, 0.2) is 0 Å². The fourth-order valence-corrected chi connectivity index (χ4v) is 3.79. The fourth-order valence-electron chi connectivity index (χ4n) is 2.71. The van der Waals surface area contributed by atoms with Crippen LogP contribution in [0.15, 0.2) is 30.3 Å². The molecule has 2 aromatic heterocycles. The van der Waals surface area contributed by atoms with E-state index in [2.05, 4.69) is 21.7 Å². The van der Waals surface area contributed by atoms with Crippen LogP contribution in [0.4, 0.5) is 4.39 Å². The fraction of sp³-hybridized carbons (Fsp3) is 0.250. The molecule has 28 heavy (non-hydrogen) atoms. The third kappa shape index (κ3) is 4.56. The molecule has 0 radical (unpaired) electrons. The molecule has 0 saturated heterocycles. The Bertz CT molecular complexity index is 1050. The van der Waals surface area contributed by atoms with E-state index in [0.29, 0.717) is 11.4 Å². The summed E-state index contributed by atoms with van der Waals surface area (Å²) >= 11 is 1.34. The lowest BCUT2D eigenvalue weighted by atomic mass is 10.2. The zero-order valence-corrected chi connectivity index (χ0v) is 16.1. The molecule has 0 saturated carbocycles. The average molecular weight is 398 g/mol. The van der Waals surface area contributed by atoms with Crippen LogP contribution >= 0.6 is 11.3 Å². The van der Waals surface area contributed by atoms with Crippen LogP contribution in [0.1, 0.15) is 27.3 Å². The molecule has 0 bridgehead atoms. The highest BCUT2D eigenvalue weighted by molar-refractivity contribution is 7.20. The number of nitrogens with one attached hydrogen (secondary N) is 2. The first kappa shape index (κ1) is 19.6. The lowest BCUT2D eigenvalue weighted by molar-refractivity contribution is -0.120. The van der Waals surface area contributed by atoms with Gasteiger partial charge in [0.05, 0.1) is 23.7 Å². The normalized spacial score (nSPS) is 10.6. The predicted octanol–water partition coefficient (Wildman–Crippen LogP) is 2.46. The summed E-state index contributed by atoms with van der Waals surface area (Å²) in [7, 11) is 0. The van der Waals surface area contributed by atoms with Gasteiger partial charge in [-0.2, -0.15) is 5.10 Å². The average Bonchev–Trinajstić information content (AvgIpc) is 3.23. The number of hydrogen-bond donors (Lipinski definition) is 2. The number of amides is 2. The van der Waals surface area contributed by atoms with Crippen molar-refractivity contribution in [3.63, 3.8) is 0 Å². The van der Waals surface area contributed by atoms with E-state index in [4.69, 9.17) is 6.42 Å². The second kappa shape index (κ2) is 8.67. The van der Waals surface area contributed by atoms with Gasteiger partial charge in [0, 0.05) is 18.4 Å². The Hall–Kier alpha value is -3.18. The number of terminal acetylenes is 1. The number of carbonyl (C=O) groups excluding carboxylic acids is 2. The summed E-state index contributed by atoms with van der Waals surface area (Å²) in [6.45, 7) is 2.77.